The van der Waals surface area contributed by atoms with E-state index in [-0.39, 0.29) is 24.0 Å². The molecule has 5 nitrogen and oxygen atoms in total. The summed E-state index contributed by atoms with van der Waals surface area (Å²) < 4.78 is 5.39. The van der Waals surface area contributed by atoms with Gasteiger partial charge in [-0.05, 0) is 63.5 Å². The zero-order valence-electron chi connectivity index (χ0n) is 17.8. The van der Waals surface area contributed by atoms with Crippen LogP contribution in [0.1, 0.15) is 39.2 Å². The molecule has 1 aromatic rings. The van der Waals surface area contributed by atoms with Gasteiger partial charge in [0, 0.05) is 19.6 Å². The van der Waals surface area contributed by atoms with Gasteiger partial charge in [-0.15, -0.1) is 30.4 Å². The molecule has 0 heterocycles. The lowest BCUT2D eigenvalue weighted by Gasteiger charge is -2.21. The van der Waals surface area contributed by atoms with Crippen LogP contribution in [0.5, 0.6) is 5.75 Å². The Balaban J connectivity index is 0.00000729. The van der Waals surface area contributed by atoms with Crippen LogP contribution in [0.25, 0.3) is 0 Å². The first-order valence-electron chi connectivity index (χ1n) is 9.97. The van der Waals surface area contributed by atoms with Gasteiger partial charge in [-0.2, -0.15) is 0 Å². The molecule has 0 saturated heterocycles. The van der Waals surface area contributed by atoms with Crippen molar-refractivity contribution in [2.24, 2.45) is 4.99 Å². The van der Waals surface area contributed by atoms with E-state index < -0.39 is 0 Å². The summed E-state index contributed by atoms with van der Waals surface area (Å²) in [7, 11) is 1.82. The Labute approximate surface area is 188 Å². The van der Waals surface area contributed by atoms with Crippen LogP contribution in [-0.4, -0.2) is 56.7 Å². The third-order valence-corrected chi connectivity index (χ3v) is 4.56. The zero-order chi connectivity index (χ0) is 19.9. The van der Waals surface area contributed by atoms with Crippen LogP contribution in [0.15, 0.2) is 29.3 Å². The zero-order valence-corrected chi connectivity index (χ0v) is 20.2. The second-order valence-corrected chi connectivity index (χ2v) is 6.60. The number of nitrogens with one attached hydrogen (secondary N) is 2. The molecule has 28 heavy (non-hydrogen) atoms. The van der Waals surface area contributed by atoms with Crippen LogP contribution >= 0.6 is 24.0 Å². The van der Waals surface area contributed by atoms with Crippen molar-refractivity contribution < 1.29 is 4.74 Å². The highest BCUT2D eigenvalue weighted by molar-refractivity contribution is 14.0. The van der Waals surface area contributed by atoms with Gasteiger partial charge in [0.1, 0.15) is 12.4 Å². The highest BCUT2D eigenvalue weighted by Gasteiger charge is 2.06. The highest BCUT2D eigenvalue weighted by Crippen LogP contribution is 2.12. The summed E-state index contributed by atoms with van der Waals surface area (Å²) in [5.74, 6) is 4.14. The van der Waals surface area contributed by atoms with Gasteiger partial charge in [-0.3, -0.25) is 4.99 Å². The molecule has 0 saturated carbocycles. The van der Waals surface area contributed by atoms with Crippen LogP contribution in [-0.2, 0) is 6.42 Å². The molecule has 0 fully saturated rings. The van der Waals surface area contributed by atoms with Crippen LogP contribution in [0, 0.1) is 12.3 Å². The van der Waals surface area contributed by atoms with Gasteiger partial charge in [0.25, 0.3) is 0 Å². The molecule has 158 valence electrons. The predicted octanol–water partition coefficient (Wildman–Crippen LogP) is 3.53. The minimum Gasteiger partial charge on any atom is -0.481 e. The summed E-state index contributed by atoms with van der Waals surface area (Å²) in [5.41, 5.74) is 1.25. The molecule has 1 aromatic carbocycles. The van der Waals surface area contributed by atoms with E-state index in [1.165, 1.54) is 12.0 Å². The molecule has 0 aromatic heterocycles. The second-order valence-electron chi connectivity index (χ2n) is 6.60. The Morgan fingerprint density at radius 3 is 2.50 bits per heavy atom. The van der Waals surface area contributed by atoms with Crippen molar-refractivity contribution in [3.05, 3.63) is 29.8 Å². The van der Waals surface area contributed by atoms with Gasteiger partial charge in [-0.25, -0.2) is 0 Å². The van der Waals surface area contributed by atoms with Gasteiger partial charge in [0.05, 0.1) is 0 Å². The monoisotopic (exact) mass is 500 g/mol. The van der Waals surface area contributed by atoms with Gasteiger partial charge >= 0.3 is 0 Å². The molecule has 0 bridgehead atoms. The lowest BCUT2D eigenvalue weighted by molar-refractivity contribution is 0.292. The predicted molar refractivity (Wildman–Crippen MR) is 131 cm³/mol. The summed E-state index contributed by atoms with van der Waals surface area (Å²) in [4.78, 5) is 6.79. The van der Waals surface area contributed by atoms with Gasteiger partial charge < -0.3 is 20.3 Å². The molecule has 0 radical (unpaired) electrons. The van der Waals surface area contributed by atoms with E-state index in [4.69, 9.17) is 11.2 Å². The molecule has 1 rings (SSSR count). The van der Waals surface area contributed by atoms with E-state index in [9.17, 15) is 0 Å². The third-order valence-electron chi connectivity index (χ3n) is 4.56. The molecule has 1 atom stereocenters. The van der Waals surface area contributed by atoms with Crippen molar-refractivity contribution in [2.45, 2.75) is 46.1 Å². The number of rotatable bonds is 12. The number of hydrogen-bond donors (Lipinski definition) is 2. The number of terminal acetylenes is 1. The van der Waals surface area contributed by atoms with Crippen molar-refractivity contribution in [3.63, 3.8) is 0 Å². The first-order valence-corrected chi connectivity index (χ1v) is 9.97. The summed E-state index contributed by atoms with van der Waals surface area (Å²) >= 11 is 0. The molecule has 0 aliphatic carbocycles. The minimum absolute atomic E-state index is 0. The lowest BCUT2D eigenvalue weighted by atomic mass is 10.1. The third kappa shape index (κ3) is 11.4. The van der Waals surface area contributed by atoms with E-state index in [0.717, 1.165) is 50.7 Å². The topological polar surface area (TPSA) is 48.9 Å². The first-order chi connectivity index (χ1) is 13.1. The fraction of sp³-hybridized carbons (Fsp3) is 0.591. The van der Waals surface area contributed by atoms with E-state index in [2.05, 4.69) is 59.4 Å². The largest absolute Gasteiger partial charge is 0.481 e. The van der Waals surface area contributed by atoms with Crippen molar-refractivity contribution >= 4 is 29.9 Å². The van der Waals surface area contributed by atoms with Crippen molar-refractivity contribution in [1.29, 1.82) is 0 Å². The smallest absolute Gasteiger partial charge is 0.191 e. The quantitative estimate of drug-likeness (QED) is 0.200. The number of benzene rings is 1. The normalized spacial score (nSPS) is 12.1. The van der Waals surface area contributed by atoms with E-state index in [1.807, 2.05) is 19.2 Å². The maximum atomic E-state index is 5.39. The van der Waals surface area contributed by atoms with E-state index in [1.54, 1.807) is 0 Å². The number of nitrogens with zero attached hydrogens (tertiary/aromatic N) is 2. The lowest BCUT2D eigenvalue weighted by Crippen LogP contribution is -2.43. The number of aliphatic imine (C=N–C) groups is 1. The fourth-order valence-electron chi connectivity index (χ4n) is 2.86. The Hall–Kier alpha value is -1.46. The van der Waals surface area contributed by atoms with Gasteiger partial charge in [0.15, 0.2) is 5.96 Å². The average molecular weight is 500 g/mol. The summed E-state index contributed by atoms with van der Waals surface area (Å²) in [6, 6.07) is 8.45. The molecule has 2 N–H and O–H groups in total. The number of ether oxygens (including phenoxy) is 1. The molecular formula is C22H37IN4O. The average Bonchev–Trinajstić information content (AvgIpc) is 2.69. The Bertz CT molecular complexity index is 579. The van der Waals surface area contributed by atoms with Gasteiger partial charge in [0.2, 0.25) is 0 Å². The molecule has 0 aliphatic rings. The van der Waals surface area contributed by atoms with E-state index >= 15 is 0 Å². The van der Waals surface area contributed by atoms with Crippen molar-refractivity contribution in [2.75, 3.05) is 39.8 Å². The molecule has 6 heteroatoms. The minimum atomic E-state index is 0. The summed E-state index contributed by atoms with van der Waals surface area (Å²) in [6.45, 7) is 11.2. The SMILES string of the molecule is C#CCOc1ccc(CCNC(=NC)NC(C)CCCN(CC)CC)cc1.I. The standard InChI is InChI=1S/C22H36N4O.HI/c1-6-18-27-21-13-11-20(12-14-21)15-16-24-22(23-5)25-19(4)10-9-17-26(7-2)8-3;/h1,11-14,19H,7-10,15-18H2,2-5H3,(H2,23,24,25);1H. The first kappa shape index (κ1) is 26.5. The maximum Gasteiger partial charge on any atom is 0.191 e. The van der Waals surface area contributed by atoms with Crippen molar-refractivity contribution in [3.8, 4) is 18.1 Å². The van der Waals surface area contributed by atoms with Crippen LogP contribution in [0.2, 0.25) is 0 Å². The molecule has 0 aliphatic heterocycles. The fourth-order valence-corrected chi connectivity index (χ4v) is 2.86. The summed E-state index contributed by atoms with van der Waals surface area (Å²) in [5, 5.41) is 6.87. The highest BCUT2D eigenvalue weighted by atomic mass is 127. The van der Waals surface area contributed by atoms with Gasteiger partial charge in [-0.1, -0.05) is 31.9 Å². The number of hydrogen-bond acceptors (Lipinski definition) is 3. The maximum absolute atomic E-state index is 5.39. The van der Waals surface area contributed by atoms with Crippen molar-refractivity contribution in [1.82, 2.24) is 15.5 Å². The summed E-state index contributed by atoms with van der Waals surface area (Å²) in [6.07, 6.45) is 8.45. The second kappa shape index (κ2) is 16.5. The van der Waals surface area contributed by atoms with Crippen LogP contribution in [0.3, 0.4) is 0 Å². The molecule has 0 amide bonds. The number of halogens is 1. The Kier molecular flexibility index (Phi) is 15.6. The van der Waals surface area contributed by atoms with Crippen LogP contribution in [0.4, 0.5) is 0 Å². The molecular weight excluding hydrogens is 463 g/mol. The van der Waals surface area contributed by atoms with Crippen LogP contribution < -0.4 is 15.4 Å². The Morgan fingerprint density at radius 2 is 1.93 bits per heavy atom. The molecule has 1 unspecified atom stereocenters. The van der Waals surface area contributed by atoms with E-state index in [0.29, 0.717) is 12.6 Å². The number of guanidine groups is 1. The Morgan fingerprint density at radius 1 is 1.25 bits per heavy atom. The molecule has 0 spiro atoms.